The summed E-state index contributed by atoms with van der Waals surface area (Å²) in [6.45, 7) is 4.82. The van der Waals surface area contributed by atoms with Crippen molar-refractivity contribution in [2.24, 2.45) is 0 Å². The van der Waals surface area contributed by atoms with Crippen molar-refractivity contribution in [1.82, 2.24) is 10.2 Å². The maximum Gasteiger partial charge on any atom is 0.144 e. The average molecular weight is 166 g/mol. The highest BCUT2D eigenvalue weighted by atomic mass is 16.5. The summed E-state index contributed by atoms with van der Waals surface area (Å²) in [6.07, 6.45) is 3.72. The van der Waals surface area contributed by atoms with Crippen LogP contribution in [0.5, 0.6) is 5.75 Å². The molecule has 0 aromatic carbocycles. The molecule has 0 spiro atoms. The molecule has 66 valence electrons. The molecule has 1 aromatic heterocycles. The largest absolute Gasteiger partial charge is 0.492 e. The van der Waals surface area contributed by atoms with Crippen molar-refractivity contribution in [1.29, 1.82) is 0 Å². The molecule has 2 rings (SSSR count). The van der Waals surface area contributed by atoms with Gasteiger partial charge in [-0.3, -0.25) is 0 Å². The molecule has 1 aliphatic rings. The van der Waals surface area contributed by atoms with Gasteiger partial charge in [0.25, 0.3) is 0 Å². The summed E-state index contributed by atoms with van der Waals surface area (Å²) >= 11 is 0. The van der Waals surface area contributed by atoms with E-state index in [-0.39, 0.29) is 0 Å². The van der Waals surface area contributed by atoms with Gasteiger partial charge in [0, 0.05) is 6.07 Å². The third kappa shape index (κ3) is 1.94. The minimum atomic E-state index is 0.818. The van der Waals surface area contributed by atoms with E-state index in [1.807, 2.05) is 19.9 Å². The van der Waals surface area contributed by atoms with E-state index >= 15 is 0 Å². The van der Waals surface area contributed by atoms with Crippen LogP contribution in [0.25, 0.3) is 0 Å². The van der Waals surface area contributed by atoms with Crippen LogP contribution in [-0.2, 0) is 6.42 Å². The Morgan fingerprint density at radius 2 is 2.25 bits per heavy atom. The smallest absolute Gasteiger partial charge is 0.144 e. The summed E-state index contributed by atoms with van der Waals surface area (Å²) in [6, 6.07) is 1.86. The van der Waals surface area contributed by atoms with Crippen molar-refractivity contribution in [3.8, 4) is 5.75 Å². The molecule has 0 atom stereocenters. The second kappa shape index (κ2) is 4.70. The van der Waals surface area contributed by atoms with Gasteiger partial charge in [0.2, 0.25) is 0 Å². The molecule has 1 aromatic rings. The predicted octanol–water partition coefficient (Wildman–Crippen LogP) is 1.83. The first-order chi connectivity index (χ1) is 5.97. The van der Waals surface area contributed by atoms with E-state index < -0.39 is 0 Å². The third-order valence-electron chi connectivity index (χ3n) is 1.57. The Labute approximate surface area is 72.8 Å². The van der Waals surface area contributed by atoms with E-state index in [0.717, 1.165) is 30.9 Å². The molecule has 0 saturated carbocycles. The van der Waals surface area contributed by atoms with Gasteiger partial charge in [0.15, 0.2) is 0 Å². The van der Waals surface area contributed by atoms with Crippen molar-refractivity contribution < 1.29 is 4.74 Å². The highest BCUT2D eigenvalue weighted by Gasteiger charge is 2.09. The first-order valence-electron chi connectivity index (χ1n) is 4.40. The zero-order valence-corrected chi connectivity index (χ0v) is 7.58. The predicted molar refractivity (Wildman–Crippen MR) is 47.2 cm³/mol. The zero-order chi connectivity index (χ0) is 8.81. The normalized spacial score (nSPS) is 13.5. The van der Waals surface area contributed by atoms with Gasteiger partial charge in [0.05, 0.1) is 12.8 Å². The Bertz CT molecular complexity index is 213. The number of aromatic nitrogens is 2. The van der Waals surface area contributed by atoms with E-state index in [1.54, 1.807) is 6.20 Å². The second-order valence-corrected chi connectivity index (χ2v) is 2.29. The van der Waals surface area contributed by atoms with E-state index in [2.05, 4.69) is 10.2 Å². The van der Waals surface area contributed by atoms with E-state index in [0.29, 0.717) is 0 Å². The average Bonchev–Trinajstić information content (AvgIpc) is 2.21. The molecule has 0 fully saturated rings. The third-order valence-corrected chi connectivity index (χ3v) is 1.57. The fourth-order valence-electron chi connectivity index (χ4n) is 1.08. The van der Waals surface area contributed by atoms with Gasteiger partial charge in [-0.2, -0.15) is 10.2 Å². The van der Waals surface area contributed by atoms with Crippen LogP contribution in [0.2, 0.25) is 0 Å². The molecule has 2 heterocycles. The quantitative estimate of drug-likeness (QED) is 0.589. The van der Waals surface area contributed by atoms with Crippen LogP contribution in [0.1, 0.15) is 26.0 Å². The lowest BCUT2D eigenvalue weighted by Crippen LogP contribution is -2.10. The van der Waals surface area contributed by atoms with Crippen molar-refractivity contribution in [3.05, 3.63) is 18.0 Å². The first kappa shape index (κ1) is 8.97. The number of rotatable bonds is 0. The first-order valence-corrected chi connectivity index (χ1v) is 4.40. The van der Waals surface area contributed by atoms with Crippen LogP contribution < -0.4 is 4.74 Å². The lowest BCUT2D eigenvalue weighted by atomic mass is 10.2. The number of aryl methyl sites for hydroxylation is 1. The van der Waals surface area contributed by atoms with Gasteiger partial charge in [-0.1, -0.05) is 13.8 Å². The maximum atomic E-state index is 5.32. The zero-order valence-electron chi connectivity index (χ0n) is 7.58. The van der Waals surface area contributed by atoms with Crippen LogP contribution in [0, 0.1) is 0 Å². The fourth-order valence-corrected chi connectivity index (χ4v) is 1.08. The van der Waals surface area contributed by atoms with Gasteiger partial charge in [0.1, 0.15) is 11.4 Å². The molecule has 0 aliphatic carbocycles. The number of nitrogens with zero attached hydrogens (tertiary/aromatic N) is 2. The molecule has 0 saturated heterocycles. The number of ether oxygens (including phenoxy) is 1. The minimum absolute atomic E-state index is 0.818. The lowest BCUT2D eigenvalue weighted by molar-refractivity contribution is 0.283. The summed E-state index contributed by atoms with van der Waals surface area (Å²) in [4.78, 5) is 0. The summed E-state index contributed by atoms with van der Waals surface area (Å²) < 4.78 is 5.32. The van der Waals surface area contributed by atoms with Crippen LogP contribution in [0.4, 0.5) is 0 Å². The van der Waals surface area contributed by atoms with Gasteiger partial charge in [-0.05, 0) is 12.8 Å². The minimum Gasteiger partial charge on any atom is -0.492 e. The Kier molecular flexibility index (Phi) is 3.51. The molecule has 1 aliphatic heterocycles. The monoisotopic (exact) mass is 166 g/mol. The summed E-state index contributed by atoms with van der Waals surface area (Å²) in [7, 11) is 0. The van der Waals surface area contributed by atoms with Gasteiger partial charge in [-0.25, -0.2) is 0 Å². The molecule has 0 unspecified atom stereocenters. The van der Waals surface area contributed by atoms with Crippen molar-refractivity contribution in [2.45, 2.75) is 26.7 Å². The van der Waals surface area contributed by atoms with Gasteiger partial charge >= 0.3 is 0 Å². The number of fused-ring (bicyclic) bond motifs is 1. The van der Waals surface area contributed by atoms with Crippen LogP contribution in [-0.4, -0.2) is 16.8 Å². The van der Waals surface area contributed by atoms with E-state index in [1.165, 1.54) is 0 Å². The van der Waals surface area contributed by atoms with Crippen molar-refractivity contribution >= 4 is 0 Å². The van der Waals surface area contributed by atoms with E-state index in [4.69, 9.17) is 4.74 Å². The number of hydrogen-bond acceptors (Lipinski definition) is 3. The highest BCUT2D eigenvalue weighted by Crippen LogP contribution is 2.19. The van der Waals surface area contributed by atoms with Crippen LogP contribution in [0.3, 0.4) is 0 Å². The molecule has 0 amide bonds. The van der Waals surface area contributed by atoms with Gasteiger partial charge in [-0.15, -0.1) is 0 Å². The molecule has 0 radical (unpaired) electrons. The summed E-state index contributed by atoms with van der Waals surface area (Å²) in [5.41, 5.74) is 0.994. The fraction of sp³-hybridized carbons (Fsp3) is 0.556. The molecule has 0 bridgehead atoms. The van der Waals surface area contributed by atoms with Gasteiger partial charge < -0.3 is 4.74 Å². The topological polar surface area (TPSA) is 35.0 Å². The maximum absolute atomic E-state index is 5.32. The number of hydrogen-bond donors (Lipinski definition) is 0. The molecule has 3 nitrogen and oxygen atoms in total. The Morgan fingerprint density at radius 3 is 3.00 bits per heavy atom. The molecule has 12 heavy (non-hydrogen) atoms. The molecular weight excluding hydrogens is 152 g/mol. The molecule has 3 heteroatoms. The Hall–Kier alpha value is -1.12. The van der Waals surface area contributed by atoms with Crippen LogP contribution >= 0.6 is 0 Å². The Balaban J connectivity index is 0.000000336. The lowest BCUT2D eigenvalue weighted by Gasteiger charge is -2.13. The standard InChI is InChI=1S/C7H8N2O.C2H6/c1-2-6-7(10-5-1)3-4-8-9-6;1-2/h3-4H,1-2,5H2;1-2H3. The van der Waals surface area contributed by atoms with Crippen LogP contribution in [0.15, 0.2) is 12.3 Å². The molecule has 0 N–H and O–H groups in total. The second-order valence-electron chi connectivity index (χ2n) is 2.29. The summed E-state index contributed by atoms with van der Waals surface area (Å²) in [5, 5.41) is 7.71. The summed E-state index contributed by atoms with van der Waals surface area (Å²) in [5.74, 6) is 0.904. The van der Waals surface area contributed by atoms with Crippen molar-refractivity contribution in [2.75, 3.05) is 6.61 Å². The van der Waals surface area contributed by atoms with Crippen molar-refractivity contribution in [3.63, 3.8) is 0 Å². The molecular formula is C9H14N2O. The Morgan fingerprint density at radius 1 is 1.42 bits per heavy atom. The van der Waals surface area contributed by atoms with E-state index in [9.17, 15) is 0 Å². The highest BCUT2D eigenvalue weighted by molar-refractivity contribution is 5.26. The SMILES string of the molecule is CC.c1cc2c(nn1)CCCO2.